The Labute approximate surface area is 104 Å². The summed E-state index contributed by atoms with van der Waals surface area (Å²) in [5.74, 6) is 1.13. The number of aliphatic hydroxyl groups is 1. The topological polar surface area (TPSA) is 29.5 Å². The predicted molar refractivity (Wildman–Crippen MR) is 69.4 cm³/mol. The molecule has 2 rings (SSSR count). The summed E-state index contributed by atoms with van der Waals surface area (Å²) in [6.45, 7) is 2.08. The first-order chi connectivity index (χ1) is 8.21. The van der Waals surface area contributed by atoms with Gasteiger partial charge >= 0.3 is 0 Å². The molecule has 1 N–H and O–H groups in total. The quantitative estimate of drug-likeness (QED) is 0.867. The fourth-order valence-electron chi connectivity index (χ4n) is 3.04. The smallest absolute Gasteiger partial charge is 0.122 e. The van der Waals surface area contributed by atoms with Crippen molar-refractivity contribution in [1.82, 2.24) is 0 Å². The van der Waals surface area contributed by atoms with Gasteiger partial charge in [0.05, 0.1) is 12.7 Å². The molecule has 17 heavy (non-hydrogen) atoms. The van der Waals surface area contributed by atoms with E-state index in [4.69, 9.17) is 4.74 Å². The van der Waals surface area contributed by atoms with Gasteiger partial charge < -0.3 is 9.84 Å². The molecule has 0 saturated heterocycles. The fraction of sp³-hybridized carbons (Fsp3) is 0.600. The summed E-state index contributed by atoms with van der Waals surface area (Å²) in [6, 6.07) is 8.09. The van der Waals surface area contributed by atoms with Crippen LogP contribution in [0.2, 0.25) is 0 Å². The standard InChI is InChI=1S/C15H22O2/c1-3-15(16)11-7-6-9-13(15)12-8-4-5-10-14(12)17-2/h4-5,8,10,13,16H,3,6-7,9,11H2,1-2H3. The highest BCUT2D eigenvalue weighted by molar-refractivity contribution is 5.38. The average molecular weight is 234 g/mol. The molecule has 1 aromatic carbocycles. The van der Waals surface area contributed by atoms with Crippen molar-refractivity contribution in [3.05, 3.63) is 29.8 Å². The van der Waals surface area contributed by atoms with E-state index in [9.17, 15) is 5.11 Å². The van der Waals surface area contributed by atoms with Crippen LogP contribution in [-0.4, -0.2) is 17.8 Å². The molecule has 1 aliphatic rings. The van der Waals surface area contributed by atoms with Gasteiger partial charge in [-0.1, -0.05) is 38.0 Å². The zero-order chi connectivity index (χ0) is 12.3. The summed E-state index contributed by atoms with van der Waals surface area (Å²) in [5.41, 5.74) is 0.617. The van der Waals surface area contributed by atoms with Gasteiger partial charge in [0.15, 0.2) is 0 Å². The van der Waals surface area contributed by atoms with Crippen LogP contribution in [0.5, 0.6) is 5.75 Å². The van der Waals surface area contributed by atoms with E-state index in [1.807, 2.05) is 18.2 Å². The lowest BCUT2D eigenvalue weighted by Gasteiger charge is -2.40. The Morgan fingerprint density at radius 1 is 1.35 bits per heavy atom. The minimum atomic E-state index is -0.549. The molecule has 1 aromatic rings. The summed E-state index contributed by atoms with van der Waals surface area (Å²) < 4.78 is 5.43. The molecule has 0 aromatic heterocycles. The second-order valence-electron chi connectivity index (χ2n) is 5.00. The van der Waals surface area contributed by atoms with E-state index >= 15 is 0 Å². The third-order valence-electron chi connectivity index (χ3n) is 4.13. The molecule has 1 saturated carbocycles. The van der Waals surface area contributed by atoms with Gasteiger partial charge in [-0.3, -0.25) is 0 Å². The highest BCUT2D eigenvalue weighted by Gasteiger charge is 2.39. The second kappa shape index (κ2) is 5.09. The lowest BCUT2D eigenvalue weighted by Crippen LogP contribution is -2.38. The van der Waals surface area contributed by atoms with Gasteiger partial charge in [-0.15, -0.1) is 0 Å². The number of ether oxygens (including phenoxy) is 1. The number of methoxy groups -OCH3 is 1. The van der Waals surface area contributed by atoms with Crippen LogP contribution >= 0.6 is 0 Å². The summed E-state index contributed by atoms with van der Waals surface area (Å²) in [6.07, 6.45) is 5.12. The maximum absolute atomic E-state index is 10.8. The predicted octanol–water partition coefficient (Wildman–Crippen LogP) is 3.49. The second-order valence-corrected chi connectivity index (χ2v) is 5.00. The Morgan fingerprint density at radius 2 is 2.12 bits per heavy atom. The molecule has 2 nitrogen and oxygen atoms in total. The van der Waals surface area contributed by atoms with Crippen LogP contribution in [-0.2, 0) is 0 Å². The molecule has 2 atom stereocenters. The van der Waals surface area contributed by atoms with Gasteiger partial charge in [-0.05, 0) is 25.3 Å². The third-order valence-corrected chi connectivity index (χ3v) is 4.13. The van der Waals surface area contributed by atoms with Crippen molar-refractivity contribution in [3.8, 4) is 5.75 Å². The summed E-state index contributed by atoms with van der Waals surface area (Å²) in [4.78, 5) is 0. The highest BCUT2D eigenvalue weighted by Crippen LogP contribution is 2.45. The van der Waals surface area contributed by atoms with Crippen molar-refractivity contribution >= 4 is 0 Å². The first-order valence-corrected chi connectivity index (χ1v) is 6.56. The Hall–Kier alpha value is -1.02. The summed E-state index contributed by atoms with van der Waals surface area (Å²) in [7, 11) is 1.70. The van der Waals surface area contributed by atoms with E-state index in [0.717, 1.165) is 31.4 Å². The van der Waals surface area contributed by atoms with E-state index in [1.165, 1.54) is 12.0 Å². The van der Waals surface area contributed by atoms with Crippen molar-refractivity contribution < 1.29 is 9.84 Å². The zero-order valence-corrected chi connectivity index (χ0v) is 10.8. The number of benzene rings is 1. The van der Waals surface area contributed by atoms with Gasteiger partial charge in [0.25, 0.3) is 0 Å². The Morgan fingerprint density at radius 3 is 2.82 bits per heavy atom. The number of rotatable bonds is 3. The van der Waals surface area contributed by atoms with Gasteiger partial charge in [0, 0.05) is 11.5 Å². The van der Waals surface area contributed by atoms with Gasteiger partial charge in [0.2, 0.25) is 0 Å². The summed E-state index contributed by atoms with van der Waals surface area (Å²) in [5, 5.41) is 10.8. The first-order valence-electron chi connectivity index (χ1n) is 6.56. The molecule has 94 valence electrons. The molecule has 2 heteroatoms. The van der Waals surface area contributed by atoms with Crippen molar-refractivity contribution in [1.29, 1.82) is 0 Å². The Bertz CT molecular complexity index is 375. The Balaban J connectivity index is 2.36. The average Bonchev–Trinajstić information content (AvgIpc) is 2.39. The van der Waals surface area contributed by atoms with Crippen molar-refractivity contribution in [2.45, 2.75) is 50.5 Å². The minimum Gasteiger partial charge on any atom is -0.496 e. The van der Waals surface area contributed by atoms with E-state index in [1.54, 1.807) is 7.11 Å². The molecule has 0 heterocycles. The van der Waals surface area contributed by atoms with Crippen LogP contribution in [0, 0.1) is 0 Å². The van der Waals surface area contributed by atoms with Crippen LogP contribution in [0.4, 0.5) is 0 Å². The molecule has 1 fully saturated rings. The number of hydrogen-bond donors (Lipinski definition) is 1. The number of para-hydroxylation sites is 1. The first kappa shape index (κ1) is 12.4. The van der Waals surface area contributed by atoms with E-state index in [2.05, 4.69) is 13.0 Å². The maximum atomic E-state index is 10.8. The normalized spacial score (nSPS) is 29.0. The van der Waals surface area contributed by atoms with Gasteiger partial charge in [0.1, 0.15) is 5.75 Å². The maximum Gasteiger partial charge on any atom is 0.122 e. The molecule has 0 bridgehead atoms. The van der Waals surface area contributed by atoms with Crippen molar-refractivity contribution in [3.63, 3.8) is 0 Å². The van der Waals surface area contributed by atoms with Crippen LogP contribution < -0.4 is 4.74 Å². The van der Waals surface area contributed by atoms with E-state index in [-0.39, 0.29) is 5.92 Å². The minimum absolute atomic E-state index is 0.220. The van der Waals surface area contributed by atoms with E-state index in [0.29, 0.717) is 0 Å². The molecule has 1 aliphatic carbocycles. The van der Waals surface area contributed by atoms with Crippen LogP contribution in [0.25, 0.3) is 0 Å². The van der Waals surface area contributed by atoms with Gasteiger partial charge in [-0.25, -0.2) is 0 Å². The molecule has 0 spiro atoms. The lowest BCUT2D eigenvalue weighted by molar-refractivity contribution is -0.0209. The molecular formula is C15H22O2. The molecule has 0 amide bonds. The molecular weight excluding hydrogens is 212 g/mol. The Kier molecular flexibility index (Phi) is 3.72. The zero-order valence-electron chi connectivity index (χ0n) is 10.8. The largest absolute Gasteiger partial charge is 0.496 e. The monoisotopic (exact) mass is 234 g/mol. The van der Waals surface area contributed by atoms with Crippen LogP contribution in [0.1, 0.15) is 50.5 Å². The highest BCUT2D eigenvalue weighted by atomic mass is 16.5. The van der Waals surface area contributed by atoms with E-state index < -0.39 is 5.60 Å². The third kappa shape index (κ3) is 2.32. The molecule has 2 unspecified atom stereocenters. The summed E-state index contributed by atoms with van der Waals surface area (Å²) >= 11 is 0. The molecule has 0 aliphatic heterocycles. The van der Waals surface area contributed by atoms with Crippen LogP contribution in [0.3, 0.4) is 0 Å². The van der Waals surface area contributed by atoms with Crippen LogP contribution in [0.15, 0.2) is 24.3 Å². The van der Waals surface area contributed by atoms with Gasteiger partial charge in [-0.2, -0.15) is 0 Å². The number of hydrogen-bond acceptors (Lipinski definition) is 2. The van der Waals surface area contributed by atoms with Crippen molar-refractivity contribution in [2.24, 2.45) is 0 Å². The molecule has 0 radical (unpaired) electrons. The lowest BCUT2D eigenvalue weighted by atomic mass is 9.70. The fourth-order valence-corrected chi connectivity index (χ4v) is 3.04. The SMILES string of the molecule is CCC1(O)CCCCC1c1ccccc1OC. The van der Waals surface area contributed by atoms with Crippen molar-refractivity contribution in [2.75, 3.05) is 7.11 Å².